The smallest absolute Gasteiger partial charge is 0.232 e. The van der Waals surface area contributed by atoms with Gasteiger partial charge < -0.3 is 25.0 Å². The summed E-state index contributed by atoms with van der Waals surface area (Å²) < 4.78 is 10.7. The molecule has 0 bridgehead atoms. The maximum Gasteiger partial charge on any atom is 0.232 e. The van der Waals surface area contributed by atoms with Crippen molar-refractivity contribution in [1.82, 2.24) is 15.0 Å². The van der Waals surface area contributed by atoms with E-state index in [-0.39, 0.29) is 0 Å². The zero-order chi connectivity index (χ0) is 14.5. The van der Waals surface area contributed by atoms with Gasteiger partial charge >= 0.3 is 0 Å². The summed E-state index contributed by atoms with van der Waals surface area (Å²) in [5.74, 6) is 1.91. The number of nitrogens with zero attached hydrogens (tertiary/aromatic N) is 4. The van der Waals surface area contributed by atoms with Gasteiger partial charge in [0.15, 0.2) is 0 Å². The van der Waals surface area contributed by atoms with E-state index in [0.717, 1.165) is 39.1 Å². The lowest BCUT2D eigenvalue weighted by molar-refractivity contribution is 0.0903. The highest BCUT2D eigenvalue weighted by atomic mass is 16.5. The van der Waals surface area contributed by atoms with E-state index in [1.54, 1.807) is 0 Å². The average molecular weight is 294 g/mol. The Morgan fingerprint density at radius 3 is 2.33 bits per heavy atom. The monoisotopic (exact) mass is 294 g/mol. The van der Waals surface area contributed by atoms with Crippen molar-refractivity contribution in [2.75, 3.05) is 62.1 Å². The zero-order valence-corrected chi connectivity index (χ0v) is 12.3. The molecule has 3 rings (SSSR count). The van der Waals surface area contributed by atoms with Crippen LogP contribution in [0.5, 0.6) is 0 Å². The minimum Gasteiger partial charge on any atom is -0.381 e. The molecule has 0 atom stereocenters. The van der Waals surface area contributed by atoms with Crippen molar-refractivity contribution < 1.29 is 9.47 Å². The molecular formula is C13H22N6O2. The van der Waals surface area contributed by atoms with E-state index in [1.165, 1.54) is 0 Å². The van der Waals surface area contributed by atoms with Gasteiger partial charge in [-0.1, -0.05) is 0 Å². The summed E-state index contributed by atoms with van der Waals surface area (Å²) in [6.07, 6.45) is 1.96. The van der Waals surface area contributed by atoms with Crippen LogP contribution in [0.4, 0.5) is 17.8 Å². The van der Waals surface area contributed by atoms with E-state index in [2.05, 4.69) is 30.5 Å². The van der Waals surface area contributed by atoms with Crippen molar-refractivity contribution in [2.45, 2.75) is 18.9 Å². The minimum atomic E-state index is 0.364. The Hall–Kier alpha value is -1.67. The summed E-state index contributed by atoms with van der Waals surface area (Å²) >= 11 is 0. The molecule has 1 aromatic rings. The Morgan fingerprint density at radius 2 is 1.62 bits per heavy atom. The second-order valence-corrected chi connectivity index (χ2v) is 5.16. The predicted molar refractivity (Wildman–Crippen MR) is 79.9 cm³/mol. The number of ether oxygens (including phenoxy) is 2. The molecule has 0 saturated carbocycles. The molecule has 0 aromatic carbocycles. The van der Waals surface area contributed by atoms with Gasteiger partial charge in [0, 0.05) is 39.4 Å². The molecule has 0 unspecified atom stereocenters. The van der Waals surface area contributed by atoms with Gasteiger partial charge in [0.25, 0.3) is 0 Å². The first kappa shape index (κ1) is 14.3. The van der Waals surface area contributed by atoms with Gasteiger partial charge in [0.05, 0.1) is 13.2 Å². The molecule has 0 spiro atoms. The third-order valence-corrected chi connectivity index (χ3v) is 3.70. The minimum absolute atomic E-state index is 0.364. The molecule has 2 aliphatic heterocycles. The summed E-state index contributed by atoms with van der Waals surface area (Å²) in [6.45, 7) is 4.62. The highest BCUT2D eigenvalue weighted by Gasteiger charge is 2.19. The number of nitrogens with one attached hydrogen (secondary N) is 2. The maximum atomic E-state index is 5.37. The molecule has 2 aliphatic rings. The molecule has 2 saturated heterocycles. The molecule has 0 amide bonds. The first-order chi connectivity index (χ1) is 10.3. The molecule has 1 aromatic heterocycles. The number of hydrogen-bond acceptors (Lipinski definition) is 8. The van der Waals surface area contributed by atoms with Crippen molar-refractivity contribution in [3.8, 4) is 0 Å². The average Bonchev–Trinajstić information content (AvgIpc) is 2.56. The summed E-state index contributed by atoms with van der Waals surface area (Å²) in [5, 5.41) is 6.39. The van der Waals surface area contributed by atoms with Crippen LogP contribution in [0.25, 0.3) is 0 Å². The van der Waals surface area contributed by atoms with Crippen molar-refractivity contribution in [3.05, 3.63) is 0 Å². The quantitative estimate of drug-likeness (QED) is 0.822. The van der Waals surface area contributed by atoms with Crippen LogP contribution in [0.1, 0.15) is 12.8 Å². The standard InChI is InChI=1S/C13H22N6O2/c1-14-11-16-12(15-10-2-6-20-7-3-10)18-13(17-11)19-4-8-21-9-5-19/h10H,2-9H2,1H3,(H2,14,15,16,17,18). The molecular weight excluding hydrogens is 272 g/mol. The van der Waals surface area contributed by atoms with E-state index in [1.807, 2.05) is 7.05 Å². The van der Waals surface area contributed by atoms with Gasteiger partial charge in [-0.25, -0.2) is 0 Å². The Balaban J connectivity index is 1.75. The van der Waals surface area contributed by atoms with Crippen LogP contribution >= 0.6 is 0 Å². The van der Waals surface area contributed by atoms with Gasteiger partial charge in [-0.15, -0.1) is 0 Å². The summed E-state index contributed by atoms with van der Waals surface area (Å²) in [7, 11) is 1.82. The molecule has 2 N–H and O–H groups in total. The van der Waals surface area contributed by atoms with Gasteiger partial charge in [0.2, 0.25) is 17.8 Å². The molecule has 3 heterocycles. The zero-order valence-electron chi connectivity index (χ0n) is 12.3. The predicted octanol–water partition coefficient (Wildman–Crippen LogP) is 0.341. The van der Waals surface area contributed by atoms with Gasteiger partial charge in [-0.2, -0.15) is 15.0 Å². The normalized spacial score (nSPS) is 20.3. The van der Waals surface area contributed by atoms with Gasteiger partial charge in [-0.05, 0) is 12.8 Å². The molecule has 21 heavy (non-hydrogen) atoms. The van der Waals surface area contributed by atoms with Crippen LogP contribution in [0.15, 0.2) is 0 Å². The number of aromatic nitrogens is 3. The van der Waals surface area contributed by atoms with Crippen molar-refractivity contribution in [2.24, 2.45) is 0 Å². The van der Waals surface area contributed by atoms with Crippen LogP contribution in [0.2, 0.25) is 0 Å². The molecule has 8 heteroatoms. The van der Waals surface area contributed by atoms with E-state index < -0.39 is 0 Å². The Labute approximate surface area is 124 Å². The Bertz CT molecular complexity index is 460. The van der Waals surface area contributed by atoms with Crippen LogP contribution in [-0.4, -0.2) is 67.6 Å². The number of hydrogen-bond donors (Lipinski definition) is 2. The lowest BCUT2D eigenvalue weighted by Crippen LogP contribution is -2.38. The summed E-state index contributed by atoms with van der Waals surface area (Å²) in [6, 6.07) is 0.364. The first-order valence-corrected chi connectivity index (χ1v) is 7.46. The molecule has 8 nitrogen and oxygen atoms in total. The van der Waals surface area contributed by atoms with Crippen LogP contribution in [0.3, 0.4) is 0 Å². The molecule has 0 radical (unpaired) electrons. The summed E-state index contributed by atoms with van der Waals surface area (Å²) in [4.78, 5) is 15.5. The molecule has 116 valence electrons. The second kappa shape index (κ2) is 6.86. The van der Waals surface area contributed by atoms with Gasteiger partial charge in [-0.3, -0.25) is 0 Å². The number of morpholine rings is 1. The molecule has 0 aliphatic carbocycles. The summed E-state index contributed by atoms with van der Waals surface area (Å²) in [5.41, 5.74) is 0. The lowest BCUT2D eigenvalue weighted by Gasteiger charge is -2.28. The Kier molecular flexibility index (Phi) is 4.66. The first-order valence-electron chi connectivity index (χ1n) is 7.46. The van der Waals surface area contributed by atoms with Crippen molar-refractivity contribution in [3.63, 3.8) is 0 Å². The topological polar surface area (TPSA) is 84.4 Å². The van der Waals surface area contributed by atoms with Crippen LogP contribution < -0.4 is 15.5 Å². The van der Waals surface area contributed by atoms with Crippen molar-refractivity contribution >= 4 is 17.8 Å². The van der Waals surface area contributed by atoms with E-state index in [0.29, 0.717) is 37.1 Å². The van der Waals surface area contributed by atoms with Crippen molar-refractivity contribution in [1.29, 1.82) is 0 Å². The number of anilines is 3. The third kappa shape index (κ3) is 3.70. The SMILES string of the molecule is CNc1nc(NC2CCOCC2)nc(N2CCOCC2)n1. The van der Waals surface area contributed by atoms with E-state index >= 15 is 0 Å². The highest BCUT2D eigenvalue weighted by Crippen LogP contribution is 2.17. The fourth-order valence-electron chi connectivity index (χ4n) is 2.47. The largest absolute Gasteiger partial charge is 0.381 e. The van der Waals surface area contributed by atoms with Crippen LogP contribution in [-0.2, 0) is 9.47 Å². The van der Waals surface area contributed by atoms with E-state index in [4.69, 9.17) is 9.47 Å². The second-order valence-electron chi connectivity index (χ2n) is 5.16. The lowest BCUT2D eigenvalue weighted by atomic mass is 10.1. The Morgan fingerprint density at radius 1 is 0.952 bits per heavy atom. The van der Waals surface area contributed by atoms with E-state index in [9.17, 15) is 0 Å². The number of rotatable bonds is 4. The fourth-order valence-corrected chi connectivity index (χ4v) is 2.47. The fraction of sp³-hybridized carbons (Fsp3) is 0.769. The van der Waals surface area contributed by atoms with Crippen LogP contribution in [0, 0.1) is 0 Å². The highest BCUT2D eigenvalue weighted by molar-refractivity contribution is 5.44. The maximum absolute atomic E-state index is 5.37. The molecule has 2 fully saturated rings. The third-order valence-electron chi connectivity index (χ3n) is 3.70. The van der Waals surface area contributed by atoms with Gasteiger partial charge in [0.1, 0.15) is 0 Å².